The highest BCUT2D eigenvalue weighted by Gasteiger charge is 2.53. The number of rotatable bonds is 7. The van der Waals surface area contributed by atoms with Gasteiger partial charge < -0.3 is 9.64 Å². The molecule has 0 N–H and O–H groups in total. The van der Waals surface area contributed by atoms with Crippen molar-refractivity contribution >= 4 is 21.9 Å². The van der Waals surface area contributed by atoms with Crippen LogP contribution in [0.25, 0.3) is 0 Å². The number of carbonyl (C=O) groups excluding carboxylic acids is 2. The van der Waals surface area contributed by atoms with Gasteiger partial charge in [-0.25, -0.2) is 13.2 Å². The molecular formula is C25H38N2O5S. The maximum atomic E-state index is 13.5. The summed E-state index contributed by atoms with van der Waals surface area (Å²) in [5.41, 5.74) is 0.188. The molecule has 1 amide bonds. The number of sulfonamides is 1. The van der Waals surface area contributed by atoms with E-state index in [1.54, 1.807) is 15.3 Å². The predicted octanol–water partition coefficient (Wildman–Crippen LogP) is 4.08. The molecule has 0 spiro atoms. The lowest BCUT2D eigenvalue weighted by molar-refractivity contribution is -0.138. The van der Waals surface area contributed by atoms with Crippen LogP contribution < -0.4 is 0 Å². The highest BCUT2D eigenvalue weighted by molar-refractivity contribution is 7.89. The lowest BCUT2D eigenvalue weighted by Gasteiger charge is -2.39. The molecule has 3 rings (SSSR count). The molecule has 7 nitrogen and oxygen atoms in total. The van der Waals surface area contributed by atoms with Gasteiger partial charge in [-0.05, 0) is 76.0 Å². The number of hydrogen-bond donors (Lipinski definition) is 0. The molecule has 2 aliphatic rings. The second-order valence-corrected chi connectivity index (χ2v) is 13.2. The third-order valence-electron chi connectivity index (χ3n) is 6.77. The Balaban J connectivity index is 1.75. The molecule has 33 heavy (non-hydrogen) atoms. The van der Waals surface area contributed by atoms with Crippen LogP contribution in [-0.4, -0.2) is 60.8 Å². The fraction of sp³-hybridized carbons (Fsp3) is 0.680. The highest BCUT2D eigenvalue weighted by atomic mass is 32.2. The third-order valence-corrected chi connectivity index (χ3v) is 8.66. The van der Waals surface area contributed by atoms with Gasteiger partial charge in [0.05, 0.1) is 10.5 Å². The Morgan fingerprint density at radius 1 is 1.12 bits per heavy atom. The monoisotopic (exact) mass is 478 g/mol. The summed E-state index contributed by atoms with van der Waals surface area (Å²) in [6.45, 7) is 14.3. The smallest absolute Gasteiger partial charge is 0.338 e. The number of benzene rings is 1. The van der Waals surface area contributed by atoms with E-state index in [0.717, 1.165) is 19.3 Å². The van der Waals surface area contributed by atoms with Crippen LogP contribution in [-0.2, 0) is 19.6 Å². The maximum Gasteiger partial charge on any atom is 0.338 e. The molecule has 2 fully saturated rings. The highest BCUT2D eigenvalue weighted by Crippen LogP contribution is 2.53. The second kappa shape index (κ2) is 9.02. The van der Waals surface area contributed by atoms with Gasteiger partial charge in [0.25, 0.3) is 5.91 Å². The minimum atomic E-state index is -3.75. The van der Waals surface area contributed by atoms with Crippen molar-refractivity contribution in [3.8, 4) is 0 Å². The summed E-state index contributed by atoms with van der Waals surface area (Å²) in [5, 5.41) is 0. The number of ether oxygens (including phenoxy) is 1. The zero-order valence-corrected chi connectivity index (χ0v) is 21.7. The second-order valence-electron chi connectivity index (χ2n) is 11.4. The molecule has 1 heterocycles. The molecule has 1 saturated heterocycles. The Hall–Kier alpha value is -1.93. The lowest BCUT2D eigenvalue weighted by Crippen LogP contribution is -2.44. The van der Waals surface area contributed by atoms with Gasteiger partial charge in [-0.1, -0.05) is 26.8 Å². The molecule has 1 aliphatic heterocycles. The van der Waals surface area contributed by atoms with Crippen molar-refractivity contribution in [3.63, 3.8) is 0 Å². The van der Waals surface area contributed by atoms with Crippen molar-refractivity contribution in [2.45, 2.75) is 90.7 Å². The van der Waals surface area contributed by atoms with Gasteiger partial charge in [0.15, 0.2) is 6.61 Å². The van der Waals surface area contributed by atoms with Crippen molar-refractivity contribution < 1.29 is 22.7 Å². The number of fused-ring (bicyclic) bond motifs is 2. The summed E-state index contributed by atoms with van der Waals surface area (Å²) in [5.74, 6) is -0.988. The van der Waals surface area contributed by atoms with Gasteiger partial charge in [0, 0.05) is 24.7 Å². The van der Waals surface area contributed by atoms with Crippen molar-refractivity contribution in [1.29, 1.82) is 0 Å². The molecule has 2 bridgehead atoms. The zero-order chi connectivity index (χ0) is 24.8. The molecule has 1 aliphatic carbocycles. The minimum absolute atomic E-state index is 0.0172. The molecule has 0 aromatic heterocycles. The lowest BCUT2D eigenvalue weighted by atomic mass is 9.65. The largest absolute Gasteiger partial charge is 0.452 e. The van der Waals surface area contributed by atoms with Gasteiger partial charge >= 0.3 is 5.97 Å². The van der Waals surface area contributed by atoms with Gasteiger partial charge in [-0.15, -0.1) is 0 Å². The van der Waals surface area contributed by atoms with Crippen molar-refractivity contribution in [3.05, 3.63) is 29.8 Å². The first kappa shape index (κ1) is 25.7. The first-order valence-corrected chi connectivity index (χ1v) is 13.2. The molecule has 2 atom stereocenters. The van der Waals surface area contributed by atoms with Crippen molar-refractivity contribution in [2.75, 3.05) is 13.2 Å². The predicted molar refractivity (Wildman–Crippen MR) is 127 cm³/mol. The fourth-order valence-electron chi connectivity index (χ4n) is 6.07. The molecule has 184 valence electrons. The number of nitrogens with zero attached hydrogens (tertiary/aromatic N) is 2. The Bertz CT molecular complexity index is 1010. The molecule has 8 heteroatoms. The Kier molecular flexibility index (Phi) is 7.02. The Morgan fingerprint density at radius 3 is 2.36 bits per heavy atom. The summed E-state index contributed by atoms with van der Waals surface area (Å²) in [6.07, 6.45) is 2.68. The third kappa shape index (κ3) is 5.43. The van der Waals surface area contributed by atoms with E-state index in [0.29, 0.717) is 6.54 Å². The van der Waals surface area contributed by atoms with Crippen LogP contribution in [0.4, 0.5) is 0 Å². The van der Waals surface area contributed by atoms with E-state index in [-0.39, 0.29) is 51.9 Å². The molecule has 0 radical (unpaired) electrons. The molecule has 1 aromatic carbocycles. The SMILES string of the molecule is CC(C)N(C(=O)COC(=O)c1cccc(S(=O)(=O)N2C[C@@]3(C)C[C@@H]2CC(C)(C)C3)c1)C(C)C. The fourth-order valence-corrected chi connectivity index (χ4v) is 7.89. The summed E-state index contributed by atoms with van der Waals surface area (Å²) in [7, 11) is -3.75. The van der Waals surface area contributed by atoms with Crippen LogP contribution in [0.15, 0.2) is 29.2 Å². The van der Waals surface area contributed by atoms with Crippen LogP contribution in [0.5, 0.6) is 0 Å². The quantitative estimate of drug-likeness (QED) is 0.552. The van der Waals surface area contributed by atoms with Gasteiger partial charge in [0.1, 0.15) is 0 Å². The summed E-state index contributed by atoms with van der Waals surface area (Å²) >= 11 is 0. The van der Waals surface area contributed by atoms with Crippen LogP contribution in [0.2, 0.25) is 0 Å². The number of hydrogen-bond acceptors (Lipinski definition) is 5. The molecule has 1 saturated carbocycles. The van der Waals surface area contributed by atoms with E-state index < -0.39 is 16.0 Å². The van der Waals surface area contributed by atoms with E-state index in [1.807, 2.05) is 27.7 Å². The normalized spacial score (nSPS) is 24.8. The van der Waals surface area contributed by atoms with Gasteiger partial charge in [-0.3, -0.25) is 4.79 Å². The van der Waals surface area contributed by atoms with E-state index in [9.17, 15) is 18.0 Å². The van der Waals surface area contributed by atoms with Crippen LogP contribution in [0.1, 0.15) is 78.1 Å². The molecular weight excluding hydrogens is 440 g/mol. The first-order valence-electron chi connectivity index (χ1n) is 11.8. The van der Waals surface area contributed by atoms with Crippen LogP contribution in [0, 0.1) is 10.8 Å². The average molecular weight is 479 g/mol. The van der Waals surface area contributed by atoms with E-state index in [1.165, 1.54) is 18.2 Å². The number of esters is 1. The van der Waals surface area contributed by atoms with Crippen LogP contribution in [0.3, 0.4) is 0 Å². The minimum Gasteiger partial charge on any atom is -0.452 e. The summed E-state index contributed by atoms with van der Waals surface area (Å²) < 4.78 is 33.9. The molecule has 0 unspecified atom stereocenters. The van der Waals surface area contributed by atoms with Crippen molar-refractivity contribution in [2.24, 2.45) is 10.8 Å². The Morgan fingerprint density at radius 2 is 1.76 bits per heavy atom. The zero-order valence-electron chi connectivity index (χ0n) is 20.9. The van der Waals surface area contributed by atoms with Gasteiger partial charge in [0.2, 0.25) is 10.0 Å². The maximum absolute atomic E-state index is 13.5. The van der Waals surface area contributed by atoms with E-state index in [4.69, 9.17) is 4.74 Å². The number of amides is 1. The topological polar surface area (TPSA) is 84.0 Å². The standard InChI is InChI=1S/C25H38N2O5S/c1-17(2)27(18(3)4)22(28)14-32-23(29)19-9-8-10-21(11-19)33(30,31)26-16-25(7)13-20(26)12-24(5,6)15-25/h8-11,17-18,20H,12-16H2,1-7H3/t20-,25-/m0/s1. The summed E-state index contributed by atoms with van der Waals surface area (Å²) in [4.78, 5) is 26.9. The van der Waals surface area contributed by atoms with E-state index in [2.05, 4.69) is 20.8 Å². The Labute approximate surface area is 198 Å². The van der Waals surface area contributed by atoms with E-state index >= 15 is 0 Å². The van der Waals surface area contributed by atoms with Crippen molar-refractivity contribution in [1.82, 2.24) is 9.21 Å². The first-order chi connectivity index (χ1) is 15.2. The molecule has 1 aromatic rings. The average Bonchev–Trinajstić information content (AvgIpc) is 2.95. The number of carbonyl (C=O) groups is 2. The van der Waals surface area contributed by atoms with Crippen LogP contribution >= 0.6 is 0 Å². The summed E-state index contributed by atoms with van der Waals surface area (Å²) in [6, 6.07) is 5.88. The van der Waals surface area contributed by atoms with Gasteiger partial charge in [-0.2, -0.15) is 4.31 Å².